The molecule has 2 aromatic rings. The van der Waals surface area contributed by atoms with Crippen molar-refractivity contribution < 1.29 is 40.6 Å². The number of benzene rings is 2. The summed E-state index contributed by atoms with van der Waals surface area (Å²) < 4.78 is 85.7. The Balaban J connectivity index is 2.46. The van der Waals surface area contributed by atoms with E-state index in [4.69, 9.17) is 0 Å². The molecule has 0 saturated carbocycles. The maximum Gasteiger partial charge on any atom is 0.411 e. The molecule has 0 aliphatic heterocycles. The van der Waals surface area contributed by atoms with Crippen LogP contribution in [0.25, 0.3) is 0 Å². The summed E-state index contributed by atoms with van der Waals surface area (Å²) in [6.45, 7) is 0.114. The van der Waals surface area contributed by atoms with E-state index in [1.54, 1.807) is 18.2 Å². The molecule has 0 saturated heterocycles. The highest BCUT2D eigenvalue weighted by molar-refractivity contribution is 6.01. The number of Topliss-reactive ketones (excluding diaryl/α,β-unsaturated/α-hetero) is 1. The van der Waals surface area contributed by atoms with E-state index < -0.39 is 43.6 Å². The second-order valence-corrected chi connectivity index (χ2v) is 7.25. The summed E-state index contributed by atoms with van der Waals surface area (Å²) in [5.41, 5.74) is 1.18. The van der Waals surface area contributed by atoms with Gasteiger partial charge in [-0.3, -0.25) is 4.79 Å². The van der Waals surface area contributed by atoms with Crippen molar-refractivity contribution in [2.45, 2.75) is 44.3 Å². The summed E-state index contributed by atoms with van der Waals surface area (Å²) in [7, 11) is 0. The lowest BCUT2D eigenvalue weighted by atomic mass is 9.88. The number of hydrogen-bond donors (Lipinski definition) is 0. The number of ketones is 1. The summed E-state index contributed by atoms with van der Waals surface area (Å²) in [5.74, 6) is -2.11. The van der Waals surface area contributed by atoms with Crippen molar-refractivity contribution in [1.29, 1.82) is 0 Å². The molecule has 0 bridgehead atoms. The lowest BCUT2D eigenvalue weighted by molar-refractivity contribution is -0.261. The van der Waals surface area contributed by atoms with Gasteiger partial charge in [-0.25, -0.2) is 0 Å². The first-order chi connectivity index (χ1) is 14.4. The Hall–Kier alpha value is -2.39. The van der Waals surface area contributed by atoms with E-state index in [1.165, 1.54) is 36.4 Å². The summed E-state index contributed by atoms with van der Waals surface area (Å²) in [4.78, 5) is 13.1. The number of halogens is 6. The molecule has 0 aliphatic carbocycles. The van der Waals surface area contributed by atoms with Crippen molar-refractivity contribution in [3.63, 3.8) is 0 Å². The van der Waals surface area contributed by atoms with Crippen molar-refractivity contribution in [2.75, 3.05) is 13.2 Å². The monoisotopic (exact) mass is 448 g/mol. The first-order valence-corrected chi connectivity index (χ1v) is 9.43. The molecule has 3 nitrogen and oxygen atoms in total. The van der Waals surface area contributed by atoms with Gasteiger partial charge in [0.25, 0.3) is 0 Å². The number of rotatable bonds is 9. The number of ether oxygens (including phenoxy) is 2. The summed E-state index contributed by atoms with van der Waals surface area (Å²) in [6.07, 6.45) is -11.7. The minimum absolute atomic E-state index is 0.108. The Morgan fingerprint density at radius 2 is 1.23 bits per heavy atom. The molecule has 0 N–H and O–H groups in total. The van der Waals surface area contributed by atoms with Gasteiger partial charge < -0.3 is 9.47 Å². The molecule has 0 fully saturated rings. The number of carbonyl (C=O) groups excluding carboxylic acids is 1. The third kappa shape index (κ3) is 7.99. The van der Waals surface area contributed by atoms with Gasteiger partial charge in [0.05, 0.1) is 5.92 Å². The molecule has 0 spiro atoms. The fourth-order valence-corrected chi connectivity index (χ4v) is 2.90. The van der Waals surface area contributed by atoms with Crippen LogP contribution in [0.2, 0.25) is 0 Å². The average Bonchev–Trinajstić information content (AvgIpc) is 2.69. The van der Waals surface area contributed by atoms with E-state index in [1.807, 2.05) is 13.8 Å². The normalized spacial score (nSPS) is 13.6. The van der Waals surface area contributed by atoms with Crippen LogP contribution >= 0.6 is 0 Å². The lowest BCUT2D eigenvalue weighted by Gasteiger charge is -2.28. The molecule has 0 radical (unpaired) electrons. The van der Waals surface area contributed by atoms with Crippen molar-refractivity contribution >= 4 is 5.78 Å². The largest absolute Gasteiger partial charge is 0.411 e. The molecule has 1 unspecified atom stereocenters. The van der Waals surface area contributed by atoms with Gasteiger partial charge in [-0.1, -0.05) is 68.4 Å². The summed E-state index contributed by atoms with van der Waals surface area (Å²) in [6, 6.07) is 13.8. The Morgan fingerprint density at radius 1 is 0.774 bits per heavy atom. The van der Waals surface area contributed by atoms with E-state index in [0.717, 1.165) is 5.56 Å². The molecule has 0 aliphatic rings. The topological polar surface area (TPSA) is 35.5 Å². The van der Waals surface area contributed by atoms with Gasteiger partial charge in [-0.05, 0) is 17.0 Å². The third-order valence-corrected chi connectivity index (χ3v) is 4.40. The first-order valence-electron chi connectivity index (χ1n) is 9.43. The van der Waals surface area contributed by atoms with Crippen molar-refractivity contribution in [2.24, 2.45) is 0 Å². The van der Waals surface area contributed by atoms with Crippen LogP contribution in [0, 0.1) is 0 Å². The zero-order valence-corrected chi connectivity index (χ0v) is 16.8. The van der Waals surface area contributed by atoms with Crippen LogP contribution in [0.15, 0.2) is 54.6 Å². The molecule has 0 aromatic heterocycles. The zero-order chi connectivity index (χ0) is 23.2. The van der Waals surface area contributed by atoms with Gasteiger partial charge >= 0.3 is 12.4 Å². The van der Waals surface area contributed by atoms with Gasteiger partial charge in [0.1, 0.15) is 13.2 Å². The number of hydrogen-bond acceptors (Lipinski definition) is 3. The predicted molar refractivity (Wildman–Crippen MR) is 102 cm³/mol. The molecule has 31 heavy (non-hydrogen) atoms. The Bertz CT molecular complexity index is 811. The van der Waals surface area contributed by atoms with E-state index in [2.05, 4.69) is 9.47 Å². The quantitative estimate of drug-likeness (QED) is 0.258. The number of alkyl halides is 6. The van der Waals surface area contributed by atoms with Crippen LogP contribution in [0.4, 0.5) is 26.3 Å². The highest BCUT2D eigenvalue weighted by atomic mass is 19.4. The van der Waals surface area contributed by atoms with Crippen LogP contribution < -0.4 is 0 Å². The van der Waals surface area contributed by atoms with Gasteiger partial charge in [-0.2, -0.15) is 26.3 Å². The molecular weight excluding hydrogens is 426 g/mol. The predicted octanol–water partition coefficient (Wildman–Crippen LogP) is 6.26. The van der Waals surface area contributed by atoms with Gasteiger partial charge in [0.15, 0.2) is 12.1 Å². The van der Waals surface area contributed by atoms with Crippen LogP contribution in [0.5, 0.6) is 0 Å². The zero-order valence-electron chi connectivity index (χ0n) is 16.8. The number of carbonyl (C=O) groups is 1. The Kier molecular flexibility index (Phi) is 8.25. The van der Waals surface area contributed by atoms with Crippen molar-refractivity contribution in [3.05, 3.63) is 71.3 Å². The van der Waals surface area contributed by atoms with Crippen LogP contribution in [-0.4, -0.2) is 37.6 Å². The van der Waals surface area contributed by atoms with Crippen LogP contribution in [-0.2, 0) is 9.47 Å². The SMILES string of the molecule is CC(C)c1ccc(C(C(=O)c2ccccc2)C(OCC(F)(F)F)OCC(F)(F)F)cc1. The van der Waals surface area contributed by atoms with Gasteiger partial charge in [0.2, 0.25) is 0 Å². The molecule has 2 aromatic carbocycles. The molecule has 2 rings (SSSR count). The summed E-state index contributed by atoms with van der Waals surface area (Å²) in [5, 5.41) is 0. The van der Waals surface area contributed by atoms with E-state index in [9.17, 15) is 31.1 Å². The molecule has 170 valence electrons. The first kappa shape index (κ1) is 24.9. The minimum atomic E-state index is -4.82. The van der Waals surface area contributed by atoms with E-state index in [0.29, 0.717) is 0 Å². The van der Waals surface area contributed by atoms with Crippen LogP contribution in [0.3, 0.4) is 0 Å². The fraction of sp³-hybridized carbons (Fsp3) is 0.409. The van der Waals surface area contributed by atoms with Gasteiger partial charge in [0, 0.05) is 5.56 Å². The Morgan fingerprint density at radius 3 is 1.65 bits per heavy atom. The van der Waals surface area contributed by atoms with Crippen LogP contribution in [0.1, 0.15) is 47.2 Å². The van der Waals surface area contributed by atoms with Crippen molar-refractivity contribution in [1.82, 2.24) is 0 Å². The molecule has 1 atom stereocenters. The maximum atomic E-state index is 13.1. The second kappa shape index (κ2) is 10.3. The lowest BCUT2D eigenvalue weighted by Crippen LogP contribution is -2.36. The highest BCUT2D eigenvalue weighted by Gasteiger charge is 2.39. The van der Waals surface area contributed by atoms with Crippen molar-refractivity contribution in [3.8, 4) is 0 Å². The fourth-order valence-electron chi connectivity index (χ4n) is 2.90. The van der Waals surface area contributed by atoms with E-state index >= 15 is 0 Å². The summed E-state index contributed by atoms with van der Waals surface area (Å²) >= 11 is 0. The molecule has 0 amide bonds. The van der Waals surface area contributed by atoms with Gasteiger partial charge in [-0.15, -0.1) is 0 Å². The molecule has 9 heteroatoms. The molecule has 0 heterocycles. The molecular formula is C22H22F6O3. The maximum absolute atomic E-state index is 13.1. The average molecular weight is 448 g/mol. The third-order valence-electron chi connectivity index (χ3n) is 4.40. The smallest absolute Gasteiger partial charge is 0.342 e. The highest BCUT2D eigenvalue weighted by Crippen LogP contribution is 2.31. The Labute approximate surface area is 176 Å². The van der Waals surface area contributed by atoms with E-state index in [-0.39, 0.29) is 17.0 Å². The standard InChI is InChI=1S/C22H22F6O3/c1-14(2)15-8-10-16(11-9-15)18(19(29)17-6-4-3-5-7-17)20(30-12-21(23,24)25)31-13-22(26,27)28/h3-11,14,18,20H,12-13H2,1-2H3. The second-order valence-electron chi connectivity index (χ2n) is 7.25. The minimum Gasteiger partial charge on any atom is -0.342 e.